The van der Waals surface area contributed by atoms with Gasteiger partial charge < -0.3 is 5.32 Å². The van der Waals surface area contributed by atoms with E-state index < -0.39 is 15.8 Å². The van der Waals surface area contributed by atoms with E-state index in [-0.39, 0.29) is 4.90 Å². The van der Waals surface area contributed by atoms with Crippen molar-refractivity contribution in [2.24, 2.45) is 0 Å². The van der Waals surface area contributed by atoms with Gasteiger partial charge in [0, 0.05) is 28.7 Å². The molecule has 1 N–H and O–H groups in total. The number of halogens is 1. The maximum absolute atomic E-state index is 14.2. The number of fused-ring (bicyclic) bond motifs is 2. The second-order valence-corrected chi connectivity index (χ2v) is 10.5. The van der Waals surface area contributed by atoms with Crippen LogP contribution in [0.5, 0.6) is 0 Å². The third kappa shape index (κ3) is 3.50. The Morgan fingerprint density at radius 3 is 2.53 bits per heavy atom. The van der Waals surface area contributed by atoms with Gasteiger partial charge in [-0.25, -0.2) is 16.8 Å². The molecule has 172 valence electrons. The molecule has 0 atom stereocenters. The first-order valence-corrected chi connectivity index (χ1v) is 12.8. The average molecular weight is 475 g/mol. The van der Waals surface area contributed by atoms with E-state index in [4.69, 9.17) is 5.10 Å². The number of hydrogen-bond donors (Lipinski definition) is 1. The van der Waals surface area contributed by atoms with Crippen molar-refractivity contribution >= 4 is 31.8 Å². The third-order valence-corrected chi connectivity index (χ3v) is 8.24. The molecule has 0 spiro atoms. The Hall–Kier alpha value is -3.49. The predicted molar refractivity (Wildman–Crippen MR) is 131 cm³/mol. The number of benzene rings is 3. The zero-order valence-corrected chi connectivity index (χ0v) is 19.2. The summed E-state index contributed by atoms with van der Waals surface area (Å²) in [4.78, 5) is 0.152. The lowest BCUT2D eigenvalue weighted by atomic mass is 10.0. The van der Waals surface area contributed by atoms with Crippen molar-refractivity contribution < 1.29 is 12.8 Å². The Labute approximate surface area is 196 Å². The molecule has 0 radical (unpaired) electrons. The second-order valence-electron chi connectivity index (χ2n) is 8.68. The number of nitrogens with one attached hydrogen (secondary N) is 1. The molecule has 34 heavy (non-hydrogen) atoms. The van der Waals surface area contributed by atoms with E-state index in [1.54, 1.807) is 42.6 Å². The van der Waals surface area contributed by atoms with Crippen LogP contribution in [0, 0.1) is 5.82 Å². The normalized spacial score (nSPS) is 15.3. The van der Waals surface area contributed by atoms with E-state index >= 15 is 0 Å². The van der Waals surface area contributed by atoms with Crippen molar-refractivity contribution in [2.75, 3.05) is 13.1 Å². The predicted octanol–water partition coefficient (Wildman–Crippen LogP) is 4.96. The molecule has 5 aromatic rings. The topological polar surface area (TPSA) is 68.9 Å². The molecular formula is C26H23FN4O2S. The molecule has 8 heteroatoms. The van der Waals surface area contributed by atoms with Crippen molar-refractivity contribution in [3.8, 4) is 11.1 Å². The van der Waals surface area contributed by atoms with Gasteiger partial charge in [0.05, 0.1) is 22.0 Å². The molecule has 0 unspecified atom stereocenters. The van der Waals surface area contributed by atoms with E-state index in [9.17, 15) is 12.8 Å². The molecule has 3 heterocycles. The molecule has 1 fully saturated rings. The van der Waals surface area contributed by atoms with Crippen LogP contribution in [0.1, 0.15) is 18.9 Å². The molecule has 0 saturated carbocycles. The fourth-order valence-electron chi connectivity index (χ4n) is 4.77. The van der Waals surface area contributed by atoms with Gasteiger partial charge in [-0.1, -0.05) is 30.3 Å². The van der Waals surface area contributed by atoms with Gasteiger partial charge >= 0.3 is 0 Å². The average Bonchev–Trinajstić information content (AvgIpc) is 3.46. The molecule has 1 aliphatic rings. The number of aromatic nitrogens is 3. The summed E-state index contributed by atoms with van der Waals surface area (Å²) in [5, 5.41) is 9.90. The van der Waals surface area contributed by atoms with Gasteiger partial charge in [-0.2, -0.15) is 5.10 Å². The number of rotatable bonds is 4. The van der Waals surface area contributed by atoms with Crippen LogP contribution in [-0.2, 0) is 10.0 Å². The smallest absolute Gasteiger partial charge is 0.268 e. The molecule has 6 nitrogen and oxygen atoms in total. The first-order chi connectivity index (χ1) is 16.5. The summed E-state index contributed by atoms with van der Waals surface area (Å²) in [5.41, 5.74) is 2.71. The summed E-state index contributed by atoms with van der Waals surface area (Å²) < 4.78 is 44.2. The quantitative estimate of drug-likeness (QED) is 0.400. The zero-order valence-electron chi connectivity index (χ0n) is 18.4. The highest BCUT2D eigenvalue weighted by Gasteiger charge is 2.23. The van der Waals surface area contributed by atoms with Crippen LogP contribution in [-0.4, -0.2) is 35.3 Å². The van der Waals surface area contributed by atoms with Crippen LogP contribution in [0.15, 0.2) is 84.0 Å². The third-order valence-electron chi connectivity index (χ3n) is 6.55. The Kier molecular flexibility index (Phi) is 5.00. The lowest BCUT2D eigenvalue weighted by Gasteiger charge is -2.22. The fraction of sp³-hybridized carbons (Fsp3) is 0.192. The summed E-state index contributed by atoms with van der Waals surface area (Å²) in [6.45, 7) is 1.97. The maximum atomic E-state index is 14.2. The summed E-state index contributed by atoms with van der Waals surface area (Å²) in [6, 6.07) is 18.8. The van der Waals surface area contributed by atoms with Crippen LogP contribution < -0.4 is 5.32 Å². The van der Waals surface area contributed by atoms with Gasteiger partial charge in [0.2, 0.25) is 0 Å². The van der Waals surface area contributed by atoms with Crippen LogP contribution >= 0.6 is 0 Å². The molecule has 0 amide bonds. The summed E-state index contributed by atoms with van der Waals surface area (Å²) >= 11 is 0. The summed E-state index contributed by atoms with van der Waals surface area (Å²) in [5.74, 6) is -0.488. The van der Waals surface area contributed by atoms with Gasteiger partial charge in [-0.05, 0) is 67.9 Å². The van der Waals surface area contributed by atoms with Crippen LogP contribution in [0.2, 0.25) is 0 Å². The van der Waals surface area contributed by atoms with E-state index in [1.165, 1.54) is 16.1 Å². The molecule has 6 rings (SSSR count). The maximum Gasteiger partial charge on any atom is 0.268 e. The first-order valence-electron chi connectivity index (χ1n) is 11.3. The van der Waals surface area contributed by atoms with Crippen LogP contribution in [0.3, 0.4) is 0 Å². The van der Waals surface area contributed by atoms with Gasteiger partial charge in [0.15, 0.2) is 0 Å². The molecule has 0 bridgehead atoms. The van der Waals surface area contributed by atoms with Gasteiger partial charge in [0.1, 0.15) is 5.82 Å². The highest BCUT2D eigenvalue weighted by atomic mass is 32.2. The Balaban J connectivity index is 1.50. The van der Waals surface area contributed by atoms with Crippen LogP contribution in [0.4, 0.5) is 4.39 Å². The van der Waals surface area contributed by atoms with Crippen molar-refractivity contribution in [2.45, 2.75) is 23.8 Å². The lowest BCUT2D eigenvalue weighted by Crippen LogP contribution is -2.29. The number of hydrogen-bond acceptors (Lipinski definition) is 4. The highest BCUT2D eigenvalue weighted by molar-refractivity contribution is 7.90. The number of nitrogens with zero attached hydrogens (tertiary/aromatic N) is 3. The minimum Gasteiger partial charge on any atom is -0.317 e. The standard InChI is InChI=1S/C26H23FN4O2S/c27-20-8-9-23-24(17-31(26(23)15-20)34(32,33)22-4-2-1-3-5-22)18-6-7-19-16-30(29-25(19)14-18)21-10-12-28-13-11-21/h1-9,14-17,21,28H,10-13H2. The SMILES string of the molecule is O=S(=O)(c1ccccc1)n1cc(-c2ccc3cn(C4CCNCC4)nc3c2)c2ccc(F)cc21. The van der Waals surface area contributed by atoms with Gasteiger partial charge in [0.25, 0.3) is 10.0 Å². The zero-order chi connectivity index (χ0) is 23.3. The van der Waals surface area contributed by atoms with Crippen LogP contribution in [0.25, 0.3) is 32.9 Å². The molecule has 1 aliphatic heterocycles. The van der Waals surface area contributed by atoms with Crippen molar-refractivity contribution in [1.29, 1.82) is 0 Å². The number of piperidine rings is 1. The lowest BCUT2D eigenvalue weighted by molar-refractivity contribution is 0.345. The highest BCUT2D eigenvalue weighted by Crippen LogP contribution is 2.35. The van der Waals surface area contributed by atoms with Crippen molar-refractivity contribution in [3.63, 3.8) is 0 Å². The molecular weight excluding hydrogens is 451 g/mol. The van der Waals surface area contributed by atoms with E-state index in [0.717, 1.165) is 42.4 Å². The monoisotopic (exact) mass is 474 g/mol. The van der Waals surface area contributed by atoms with E-state index in [2.05, 4.69) is 11.5 Å². The Morgan fingerprint density at radius 2 is 1.74 bits per heavy atom. The largest absolute Gasteiger partial charge is 0.317 e. The second kappa shape index (κ2) is 8.07. The summed E-state index contributed by atoms with van der Waals surface area (Å²) in [7, 11) is -3.90. The fourth-order valence-corrected chi connectivity index (χ4v) is 6.15. The van der Waals surface area contributed by atoms with Gasteiger partial charge in [-0.3, -0.25) is 4.68 Å². The van der Waals surface area contributed by atoms with E-state index in [0.29, 0.717) is 22.5 Å². The van der Waals surface area contributed by atoms with Gasteiger partial charge in [-0.15, -0.1) is 0 Å². The first kappa shape index (κ1) is 21.1. The van der Waals surface area contributed by atoms with E-state index in [1.807, 2.05) is 22.9 Å². The minimum absolute atomic E-state index is 0.152. The Bertz CT molecular complexity index is 1620. The summed E-state index contributed by atoms with van der Waals surface area (Å²) in [6.07, 6.45) is 5.74. The van der Waals surface area contributed by atoms with Crippen molar-refractivity contribution in [3.05, 3.63) is 84.9 Å². The molecule has 3 aromatic carbocycles. The molecule has 0 aliphatic carbocycles. The molecule has 1 saturated heterocycles. The Morgan fingerprint density at radius 1 is 0.941 bits per heavy atom. The molecule has 2 aromatic heterocycles. The minimum atomic E-state index is -3.90. The van der Waals surface area contributed by atoms with Crippen molar-refractivity contribution in [1.82, 2.24) is 19.1 Å².